The van der Waals surface area contributed by atoms with Crippen LogP contribution in [0.3, 0.4) is 0 Å². The SMILES string of the molecule is C=CC12OC(=O)C(=C)[C@@H]1CC[C@H](C)[C@]1(C)CCC(=O)C21C. The summed E-state index contributed by atoms with van der Waals surface area (Å²) in [6.07, 6.45) is 4.94. The summed E-state index contributed by atoms with van der Waals surface area (Å²) in [5.74, 6) is 0.116. The van der Waals surface area contributed by atoms with Crippen molar-refractivity contribution in [2.24, 2.45) is 22.7 Å². The molecule has 2 aliphatic carbocycles. The Labute approximate surface area is 126 Å². The average molecular weight is 288 g/mol. The van der Waals surface area contributed by atoms with Crippen LogP contribution in [-0.2, 0) is 14.3 Å². The van der Waals surface area contributed by atoms with Gasteiger partial charge in [-0.05, 0) is 43.6 Å². The van der Waals surface area contributed by atoms with Crippen LogP contribution >= 0.6 is 0 Å². The summed E-state index contributed by atoms with van der Waals surface area (Å²) in [5.41, 5.74) is -1.30. The van der Waals surface area contributed by atoms with Crippen LogP contribution < -0.4 is 0 Å². The molecule has 3 nitrogen and oxygen atoms in total. The van der Waals surface area contributed by atoms with Gasteiger partial charge in [0.15, 0.2) is 5.60 Å². The van der Waals surface area contributed by atoms with Gasteiger partial charge in [0.2, 0.25) is 0 Å². The summed E-state index contributed by atoms with van der Waals surface area (Å²) in [4.78, 5) is 25.0. The first-order chi connectivity index (χ1) is 9.74. The third kappa shape index (κ3) is 1.35. The van der Waals surface area contributed by atoms with Crippen LogP contribution in [0, 0.1) is 22.7 Å². The molecule has 3 rings (SSSR count). The number of ketones is 1. The smallest absolute Gasteiger partial charge is 0.334 e. The number of hydrogen-bond acceptors (Lipinski definition) is 3. The van der Waals surface area contributed by atoms with Gasteiger partial charge in [0.1, 0.15) is 5.78 Å². The van der Waals surface area contributed by atoms with Crippen molar-refractivity contribution in [2.45, 2.75) is 52.1 Å². The molecule has 0 radical (unpaired) electrons. The number of fused-ring (bicyclic) bond motifs is 3. The number of hydrogen-bond donors (Lipinski definition) is 0. The quantitative estimate of drug-likeness (QED) is 0.422. The second-order valence-electron chi connectivity index (χ2n) is 7.41. The highest BCUT2D eigenvalue weighted by molar-refractivity contribution is 5.96. The predicted molar refractivity (Wildman–Crippen MR) is 80.5 cm³/mol. The van der Waals surface area contributed by atoms with Crippen LogP contribution in [0.15, 0.2) is 24.8 Å². The van der Waals surface area contributed by atoms with E-state index in [1.807, 2.05) is 6.92 Å². The van der Waals surface area contributed by atoms with Gasteiger partial charge in [-0.3, -0.25) is 4.79 Å². The molecule has 3 fully saturated rings. The molecule has 1 heterocycles. The lowest BCUT2D eigenvalue weighted by molar-refractivity contribution is -0.171. The van der Waals surface area contributed by atoms with Crippen LogP contribution in [-0.4, -0.2) is 17.4 Å². The maximum atomic E-state index is 12.9. The second-order valence-corrected chi connectivity index (χ2v) is 7.41. The fourth-order valence-corrected chi connectivity index (χ4v) is 5.25. The van der Waals surface area contributed by atoms with Crippen LogP contribution in [0.4, 0.5) is 0 Å². The van der Waals surface area contributed by atoms with Crippen LogP contribution in [0.25, 0.3) is 0 Å². The normalized spacial score (nSPS) is 49.4. The molecule has 0 aromatic rings. The lowest BCUT2D eigenvalue weighted by atomic mass is 9.53. The van der Waals surface area contributed by atoms with Crippen molar-refractivity contribution < 1.29 is 14.3 Å². The Hall–Kier alpha value is -1.38. The zero-order valence-electron chi connectivity index (χ0n) is 13.2. The number of ether oxygens (including phenoxy) is 1. The van der Waals surface area contributed by atoms with Crippen molar-refractivity contribution in [2.75, 3.05) is 0 Å². The van der Waals surface area contributed by atoms with Crippen LogP contribution in [0.1, 0.15) is 46.5 Å². The molecule has 5 atom stereocenters. The lowest BCUT2D eigenvalue weighted by Gasteiger charge is -2.51. The number of esters is 1. The zero-order valence-corrected chi connectivity index (χ0v) is 13.2. The van der Waals surface area contributed by atoms with E-state index in [1.165, 1.54) is 0 Å². The molecule has 114 valence electrons. The van der Waals surface area contributed by atoms with E-state index in [0.29, 0.717) is 17.9 Å². The van der Waals surface area contributed by atoms with Crippen molar-refractivity contribution >= 4 is 11.8 Å². The number of carbonyl (C=O) groups excluding carboxylic acids is 2. The summed E-state index contributed by atoms with van der Waals surface area (Å²) in [6, 6.07) is 0. The maximum Gasteiger partial charge on any atom is 0.334 e. The van der Waals surface area contributed by atoms with E-state index in [-0.39, 0.29) is 23.1 Å². The summed E-state index contributed by atoms with van der Waals surface area (Å²) >= 11 is 0. The largest absolute Gasteiger partial charge is 0.450 e. The highest BCUT2D eigenvalue weighted by Crippen LogP contribution is 2.68. The molecule has 2 saturated carbocycles. The van der Waals surface area contributed by atoms with Crippen molar-refractivity contribution in [1.82, 2.24) is 0 Å². The summed E-state index contributed by atoms with van der Waals surface area (Å²) in [5, 5.41) is 0. The Morgan fingerprint density at radius 2 is 1.95 bits per heavy atom. The minimum Gasteiger partial charge on any atom is -0.450 e. The van der Waals surface area contributed by atoms with Gasteiger partial charge in [-0.25, -0.2) is 4.79 Å². The molecular weight excluding hydrogens is 264 g/mol. The zero-order chi connectivity index (χ0) is 15.6. The highest BCUT2D eigenvalue weighted by Gasteiger charge is 2.73. The van der Waals surface area contributed by atoms with Crippen molar-refractivity contribution in [3.8, 4) is 0 Å². The van der Waals surface area contributed by atoms with Crippen molar-refractivity contribution in [1.29, 1.82) is 0 Å². The second kappa shape index (κ2) is 4.08. The molecule has 21 heavy (non-hydrogen) atoms. The first-order valence-electron chi connectivity index (χ1n) is 7.83. The molecule has 0 aromatic heterocycles. The van der Waals surface area contributed by atoms with Gasteiger partial charge < -0.3 is 4.74 Å². The molecule has 1 saturated heterocycles. The molecule has 2 unspecified atom stereocenters. The molecule has 0 spiro atoms. The van der Waals surface area contributed by atoms with Gasteiger partial charge in [0.25, 0.3) is 0 Å². The first kappa shape index (κ1) is 14.6. The minimum absolute atomic E-state index is 0.126. The Morgan fingerprint density at radius 3 is 2.57 bits per heavy atom. The van der Waals surface area contributed by atoms with Crippen molar-refractivity contribution in [3.63, 3.8) is 0 Å². The Morgan fingerprint density at radius 1 is 1.29 bits per heavy atom. The molecular formula is C18H24O3. The number of rotatable bonds is 1. The van der Waals surface area contributed by atoms with E-state index >= 15 is 0 Å². The summed E-state index contributed by atoms with van der Waals surface area (Å²) in [6.45, 7) is 14.3. The van der Waals surface area contributed by atoms with E-state index in [2.05, 4.69) is 27.0 Å². The van der Waals surface area contributed by atoms with E-state index in [4.69, 9.17) is 4.74 Å². The van der Waals surface area contributed by atoms with Gasteiger partial charge in [0, 0.05) is 17.9 Å². The van der Waals surface area contributed by atoms with E-state index in [1.54, 1.807) is 6.08 Å². The van der Waals surface area contributed by atoms with E-state index in [9.17, 15) is 9.59 Å². The Kier molecular flexibility index (Phi) is 2.83. The van der Waals surface area contributed by atoms with E-state index < -0.39 is 11.0 Å². The molecule has 0 amide bonds. The molecule has 0 aromatic carbocycles. The van der Waals surface area contributed by atoms with Gasteiger partial charge in [0.05, 0.1) is 5.41 Å². The van der Waals surface area contributed by atoms with Gasteiger partial charge >= 0.3 is 5.97 Å². The Bertz CT molecular complexity index is 563. The third-order valence-corrected chi connectivity index (χ3v) is 7.09. The maximum absolute atomic E-state index is 12.9. The van der Waals surface area contributed by atoms with Crippen molar-refractivity contribution in [3.05, 3.63) is 24.8 Å². The fourth-order valence-electron chi connectivity index (χ4n) is 5.25. The number of carbonyl (C=O) groups is 2. The van der Waals surface area contributed by atoms with Crippen LogP contribution in [0.2, 0.25) is 0 Å². The predicted octanol–water partition coefficient (Wildman–Crippen LogP) is 3.45. The summed E-state index contributed by atoms with van der Waals surface area (Å²) in [7, 11) is 0. The molecule has 0 bridgehead atoms. The van der Waals surface area contributed by atoms with Gasteiger partial charge in [-0.1, -0.05) is 27.0 Å². The molecule has 3 aliphatic rings. The molecule has 3 heteroatoms. The number of Topliss-reactive ketones (excluding diaryl/α,β-unsaturated/α-hetero) is 1. The van der Waals surface area contributed by atoms with Gasteiger partial charge in [-0.2, -0.15) is 0 Å². The van der Waals surface area contributed by atoms with E-state index in [0.717, 1.165) is 19.3 Å². The standard InChI is InChI=1S/C18H24O3/c1-6-18-13(12(3)15(20)21-18)8-7-11(2)16(4)10-9-14(19)17(16,18)5/h6,11,13H,1,3,7-10H2,2,4-5H3/t11-,13-,16-,17?,18?/m0/s1. The average Bonchev–Trinajstić information content (AvgIpc) is 2.83. The Balaban J connectivity index is 2.29. The highest BCUT2D eigenvalue weighted by atomic mass is 16.6. The molecule has 1 aliphatic heterocycles. The minimum atomic E-state index is -0.922. The van der Waals surface area contributed by atoms with Gasteiger partial charge in [-0.15, -0.1) is 0 Å². The molecule has 0 N–H and O–H groups in total. The first-order valence-corrected chi connectivity index (χ1v) is 7.83. The topological polar surface area (TPSA) is 43.4 Å². The fraction of sp³-hybridized carbons (Fsp3) is 0.667. The monoisotopic (exact) mass is 288 g/mol. The summed E-state index contributed by atoms with van der Waals surface area (Å²) < 4.78 is 5.82. The third-order valence-electron chi connectivity index (χ3n) is 7.09. The van der Waals surface area contributed by atoms with Crippen LogP contribution in [0.5, 0.6) is 0 Å². The lowest BCUT2D eigenvalue weighted by Crippen LogP contribution is -2.58.